The van der Waals surface area contributed by atoms with Gasteiger partial charge in [-0.2, -0.15) is 0 Å². The molecule has 1 heterocycles. The molecule has 5 nitrogen and oxygen atoms in total. The lowest BCUT2D eigenvalue weighted by molar-refractivity contribution is 0.0620. The van der Waals surface area contributed by atoms with E-state index in [-0.39, 0.29) is 17.1 Å². The van der Waals surface area contributed by atoms with Gasteiger partial charge in [-0.1, -0.05) is 18.2 Å². The topological polar surface area (TPSA) is 72.5 Å². The Balaban J connectivity index is 1.92. The van der Waals surface area contributed by atoms with Gasteiger partial charge in [0.25, 0.3) is 10.0 Å². The number of hydrogen-bond donors (Lipinski definition) is 1. The van der Waals surface area contributed by atoms with Gasteiger partial charge in [-0.25, -0.2) is 8.42 Å². The number of ketones is 1. The lowest BCUT2D eigenvalue weighted by Gasteiger charge is -2.31. The van der Waals surface area contributed by atoms with Crippen LogP contribution in [0, 0.1) is 0 Å². The summed E-state index contributed by atoms with van der Waals surface area (Å²) in [7, 11) is -3.68. The van der Waals surface area contributed by atoms with Crippen molar-refractivity contribution >= 4 is 21.5 Å². The summed E-state index contributed by atoms with van der Waals surface area (Å²) in [6.07, 6.45) is 0.259. The minimum Gasteiger partial charge on any atom is -0.487 e. The average molecular weight is 331 g/mol. The number of carbonyl (C=O) groups excluding carboxylic acids is 1. The quantitative estimate of drug-likeness (QED) is 0.937. The highest BCUT2D eigenvalue weighted by atomic mass is 32.2. The summed E-state index contributed by atoms with van der Waals surface area (Å²) in [5.74, 6) is 0.422. The maximum atomic E-state index is 12.3. The molecule has 23 heavy (non-hydrogen) atoms. The number of benzene rings is 2. The second-order valence-electron chi connectivity index (χ2n) is 6.09. The molecule has 1 N–H and O–H groups in total. The summed E-state index contributed by atoms with van der Waals surface area (Å²) in [5.41, 5.74) is 0.191. The Bertz CT molecular complexity index is 857. The molecule has 0 saturated carbocycles. The van der Waals surface area contributed by atoms with Gasteiger partial charge in [-0.05, 0) is 44.2 Å². The Morgan fingerprint density at radius 1 is 1.09 bits per heavy atom. The molecule has 0 bridgehead atoms. The van der Waals surface area contributed by atoms with Crippen LogP contribution in [0.3, 0.4) is 0 Å². The molecule has 2 aromatic rings. The largest absolute Gasteiger partial charge is 0.487 e. The molecule has 0 atom stereocenters. The predicted octanol–water partition coefficient (Wildman–Crippen LogP) is 3.23. The predicted molar refractivity (Wildman–Crippen MR) is 87.3 cm³/mol. The summed E-state index contributed by atoms with van der Waals surface area (Å²) in [6.45, 7) is 3.69. The molecule has 0 aromatic heterocycles. The van der Waals surface area contributed by atoms with Crippen molar-refractivity contribution in [3.05, 3.63) is 54.1 Å². The van der Waals surface area contributed by atoms with E-state index in [1.54, 1.807) is 30.3 Å². The lowest BCUT2D eigenvalue weighted by Crippen LogP contribution is -2.35. The first kappa shape index (κ1) is 15.6. The minimum absolute atomic E-state index is 0.0583. The smallest absolute Gasteiger partial charge is 0.261 e. The summed E-state index contributed by atoms with van der Waals surface area (Å²) in [6, 6.07) is 12.8. The number of carbonyl (C=O) groups is 1. The SMILES string of the molecule is CC1(C)CC(=O)c2cc(NS(=O)(=O)c3ccccc3)ccc2O1. The van der Waals surface area contributed by atoms with Crippen LogP contribution in [0.1, 0.15) is 30.6 Å². The van der Waals surface area contributed by atoms with Gasteiger partial charge in [-0.3, -0.25) is 9.52 Å². The second-order valence-corrected chi connectivity index (χ2v) is 7.77. The molecule has 2 aromatic carbocycles. The van der Waals surface area contributed by atoms with E-state index >= 15 is 0 Å². The van der Waals surface area contributed by atoms with E-state index in [1.807, 2.05) is 13.8 Å². The first-order valence-electron chi connectivity index (χ1n) is 7.21. The van der Waals surface area contributed by atoms with Crippen LogP contribution in [0.5, 0.6) is 5.75 Å². The monoisotopic (exact) mass is 331 g/mol. The van der Waals surface area contributed by atoms with E-state index in [9.17, 15) is 13.2 Å². The Hall–Kier alpha value is -2.34. The van der Waals surface area contributed by atoms with E-state index in [2.05, 4.69) is 4.72 Å². The van der Waals surface area contributed by atoms with Gasteiger partial charge in [0.05, 0.1) is 16.9 Å². The van der Waals surface area contributed by atoms with Crippen LogP contribution < -0.4 is 9.46 Å². The number of Topliss-reactive ketones (excluding diaryl/α,β-unsaturated/α-hetero) is 1. The summed E-state index contributed by atoms with van der Waals surface area (Å²) >= 11 is 0. The first-order chi connectivity index (χ1) is 10.8. The molecule has 0 unspecified atom stereocenters. The van der Waals surface area contributed by atoms with E-state index in [1.165, 1.54) is 18.2 Å². The minimum atomic E-state index is -3.68. The van der Waals surface area contributed by atoms with Crippen molar-refractivity contribution in [2.45, 2.75) is 30.8 Å². The molecular weight excluding hydrogens is 314 g/mol. The number of nitrogens with one attached hydrogen (secondary N) is 1. The van der Waals surface area contributed by atoms with Crippen molar-refractivity contribution < 1.29 is 17.9 Å². The van der Waals surface area contributed by atoms with Gasteiger partial charge >= 0.3 is 0 Å². The Morgan fingerprint density at radius 3 is 2.48 bits per heavy atom. The summed E-state index contributed by atoms with van der Waals surface area (Å²) in [4.78, 5) is 12.4. The maximum absolute atomic E-state index is 12.3. The van der Waals surface area contributed by atoms with Gasteiger partial charge < -0.3 is 4.74 Å². The Labute approximate surface area is 135 Å². The first-order valence-corrected chi connectivity index (χ1v) is 8.69. The van der Waals surface area contributed by atoms with E-state index in [0.29, 0.717) is 17.0 Å². The Kier molecular flexibility index (Phi) is 3.64. The zero-order valence-corrected chi connectivity index (χ0v) is 13.7. The number of ether oxygens (including phenoxy) is 1. The van der Waals surface area contributed by atoms with Crippen LogP contribution in [0.2, 0.25) is 0 Å². The fourth-order valence-corrected chi connectivity index (χ4v) is 3.60. The van der Waals surface area contributed by atoms with Crippen LogP contribution in [-0.2, 0) is 10.0 Å². The highest BCUT2D eigenvalue weighted by Gasteiger charge is 2.32. The number of anilines is 1. The van der Waals surface area contributed by atoms with Crippen LogP contribution in [0.25, 0.3) is 0 Å². The summed E-state index contributed by atoms with van der Waals surface area (Å²) in [5, 5.41) is 0. The van der Waals surface area contributed by atoms with Crippen molar-refractivity contribution in [2.24, 2.45) is 0 Å². The zero-order valence-electron chi connectivity index (χ0n) is 12.9. The highest BCUT2D eigenvalue weighted by Crippen LogP contribution is 2.34. The maximum Gasteiger partial charge on any atom is 0.261 e. The molecule has 0 amide bonds. The van der Waals surface area contributed by atoms with Gasteiger partial charge in [-0.15, -0.1) is 0 Å². The highest BCUT2D eigenvalue weighted by molar-refractivity contribution is 7.92. The fourth-order valence-electron chi connectivity index (χ4n) is 2.53. The van der Waals surface area contributed by atoms with Crippen LogP contribution in [0.4, 0.5) is 5.69 Å². The van der Waals surface area contributed by atoms with Crippen molar-refractivity contribution in [2.75, 3.05) is 4.72 Å². The third-order valence-corrected chi connectivity index (χ3v) is 4.96. The number of rotatable bonds is 3. The van der Waals surface area contributed by atoms with E-state index in [0.717, 1.165) is 0 Å². The average Bonchev–Trinajstić information content (AvgIpc) is 2.48. The van der Waals surface area contributed by atoms with Gasteiger partial charge in [0.1, 0.15) is 11.4 Å². The summed E-state index contributed by atoms with van der Waals surface area (Å²) < 4.78 is 32.9. The molecule has 1 aliphatic rings. The molecule has 120 valence electrons. The normalized spacial score (nSPS) is 16.3. The van der Waals surface area contributed by atoms with Crippen molar-refractivity contribution in [1.29, 1.82) is 0 Å². The number of hydrogen-bond acceptors (Lipinski definition) is 4. The van der Waals surface area contributed by atoms with E-state index in [4.69, 9.17) is 4.74 Å². The molecule has 0 spiro atoms. The molecule has 0 aliphatic carbocycles. The molecular formula is C17H17NO4S. The molecule has 0 radical (unpaired) electrons. The fraction of sp³-hybridized carbons (Fsp3) is 0.235. The van der Waals surface area contributed by atoms with Crippen molar-refractivity contribution in [3.63, 3.8) is 0 Å². The van der Waals surface area contributed by atoms with Crippen LogP contribution >= 0.6 is 0 Å². The lowest BCUT2D eigenvalue weighted by atomic mass is 9.93. The Morgan fingerprint density at radius 2 is 1.78 bits per heavy atom. The van der Waals surface area contributed by atoms with Gasteiger partial charge in [0, 0.05) is 5.69 Å². The molecule has 0 fully saturated rings. The number of sulfonamides is 1. The van der Waals surface area contributed by atoms with Crippen LogP contribution in [-0.4, -0.2) is 19.8 Å². The van der Waals surface area contributed by atoms with Gasteiger partial charge in [0.2, 0.25) is 0 Å². The zero-order chi connectivity index (χ0) is 16.7. The standard InChI is InChI=1S/C17H17NO4S/c1-17(2)11-15(19)14-10-12(8-9-16(14)22-17)18-23(20,21)13-6-4-3-5-7-13/h3-10,18H,11H2,1-2H3. The van der Waals surface area contributed by atoms with E-state index < -0.39 is 15.6 Å². The van der Waals surface area contributed by atoms with Crippen molar-refractivity contribution in [3.8, 4) is 5.75 Å². The van der Waals surface area contributed by atoms with Crippen LogP contribution in [0.15, 0.2) is 53.4 Å². The number of fused-ring (bicyclic) bond motifs is 1. The molecule has 3 rings (SSSR count). The second kappa shape index (κ2) is 5.38. The third-order valence-electron chi connectivity index (χ3n) is 3.56. The third kappa shape index (κ3) is 3.22. The van der Waals surface area contributed by atoms with Crippen molar-refractivity contribution in [1.82, 2.24) is 0 Å². The molecule has 0 saturated heterocycles. The van der Waals surface area contributed by atoms with Gasteiger partial charge in [0.15, 0.2) is 5.78 Å². The molecule has 1 aliphatic heterocycles. The molecule has 6 heteroatoms.